The van der Waals surface area contributed by atoms with E-state index in [1.165, 1.54) is 33.1 Å². The zero-order valence-corrected chi connectivity index (χ0v) is 15.7. The summed E-state index contributed by atoms with van der Waals surface area (Å²) in [5.41, 5.74) is 2.30. The molecule has 7 nitrogen and oxygen atoms in total. The fourth-order valence-electron chi connectivity index (χ4n) is 2.33. The third kappa shape index (κ3) is 5.57. The van der Waals surface area contributed by atoms with Gasteiger partial charge in [0.1, 0.15) is 5.75 Å². The van der Waals surface area contributed by atoms with Gasteiger partial charge in [-0.1, -0.05) is 6.07 Å². The number of esters is 1. The van der Waals surface area contributed by atoms with E-state index in [9.17, 15) is 14.4 Å². The number of rotatable bonds is 6. The van der Waals surface area contributed by atoms with Gasteiger partial charge in [0, 0.05) is 12.6 Å². The molecule has 2 aromatic rings. The maximum Gasteiger partial charge on any atom is 0.338 e. The standard InChI is InChI=1S/C20H22N2O5/c1-12-5-10-18(26-4)17(11-12)22-19(24)13(2)27-20(25)15-6-8-16(9-7-15)21-14(3)23/h5-11,13H,1-4H3,(H,21,23)(H,22,24)/t13-/m0/s1. The first kappa shape index (κ1) is 20.0. The summed E-state index contributed by atoms with van der Waals surface area (Å²) in [6, 6.07) is 11.6. The normalized spacial score (nSPS) is 11.3. The number of hydrogen-bond donors (Lipinski definition) is 2. The van der Waals surface area contributed by atoms with E-state index in [0.717, 1.165) is 5.56 Å². The summed E-state index contributed by atoms with van der Waals surface area (Å²) in [5.74, 6) is -0.798. The molecule has 0 aliphatic heterocycles. The highest BCUT2D eigenvalue weighted by Gasteiger charge is 2.20. The Hall–Kier alpha value is -3.35. The number of carbonyl (C=O) groups is 3. The van der Waals surface area contributed by atoms with Gasteiger partial charge in [-0.15, -0.1) is 0 Å². The van der Waals surface area contributed by atoms with E-state index in [1.54, 1.807) is 24.3 Å². The Bertz CT molecular complexity index is 846. The first-order valence-corrected chi connectivity index (χ1v) is 8.34. The topological polar surface area (TPSA) is 93.7 Å². The van der Waals surface area contributed by atoms with E-state index in [0.29, 0.717) is 17.1 Å². The van der Waals surface area contributed by atoms with Crippen molar-refractivity contribution in [2.45, 2.75) is 26.9 Å². The Balaban J connectivity index is 2.00. The molecule has 7 heteroatoms. The Morgan fingerprint density at radius 1 is 1.00 bits per heavy atom. The molecule has 2 N–H and O–H groups in total. The van der Waals surface area contributed by atoms with Crippen LogP contribution in [0.5, 0.6) is 5.75 Å². The predicted octanol–water partition coefficient (Wildman–Crippen LogP) is 3.15. The molecular formula is C20H22N2O5. The number of methoxy groups -OCH3 is 1. The monoisotopic (exact) mass is 370 g/mol. The molecule has 0 spiro atoms. The second-order valence-corrected chi connectivity index (χ2v) is 6.00. The molecule has 142 valence electrons. The summed E-state index contributed by atoms with van der Waals surface area (Å²) in [4.78, 5) is 35.6. The fourth-order valence-corrected chi connectivity index (χ4v) is 2.33. The molecule has 0 fully saturated rings. The van der Waals surface area contributed by atoms with E-state index in [2.05, 4.69) is 10.6 Å². The molecule has 27 heavy (non-hydrogen) atoms. The lowest BCUT2D eigenvalue weighted by Crippen LogP contribution is -2.30. The van der Waals surface area contributed by atoms with Gasteiger partial charge in [-0.3, -0.25) is 9.59 Å². The lowest BCUT2D eigenvalue weighted by molar-refractivity contribution is -0.123. The van der Waals surface area contributed by atoms with Crippen molar-refractivity contribution in [1.29, 1.82) is 0 Å². The quantitative estimate of drug-likeness (QED) is 0.762. The number of ether oxygens (including phenoxy) is 2. The number of aryl methyl sites for hydroxylation is 1. The van der Waals surface area contributed by atoms with Gasteiger partial charge in [0.2, 0.25) is 5.91 Å². The van der Waals surface area contributed by atoms with Crippen molar-refractivity contribution in [1.82, 2.24) is 0 Å². The van der Waals surface area contributed by atoms with Crippen LogP contribution < -0.4 is 15.4 Å². The highest BCUT2D eigenvalue weighted by molar-refractivity contribution is 5.98. The highest BCUT2D eigenvalue weighted by atomic mass is 16.5. The molecule has 0 saturated carbocycles. The average Bonchev–Trinajstić information content (AvgIpc) is 2.61. The fraction of sp³-hybridized carbons (Fsp3) is 0.250. The Morgan fingerprint density at radius 2 is 1.67 bits per heavy atom. The van der Waals surface area contributed by atoms with Crippen LogP contribution in [0, 0.1) is 6.92 Å². The minimum absolute atomic E-state index is 0.206. The Kier molecular flexibility index (Phi) is 6.54. The van der Waals surface area contributed by atoms with Gasteiger partial charge in [0.15, 0.2) is 6.10 Å². The minimum atomic E-state index is -1.00. The summed E-state index contributed by atoms with van der Waals surface area (Å²) in [5, 5.41) is 5.31. The number of anilines is 2. The minimum Gasteiger partial charge on any atom is -0.495 e. The molecule has 0 aliphatic carbocycles. The summed E-state index contributed by atoms with van der Waals surface area (Å²) in [7, 11) is 1.51. The molecule has 2 aromatic carbocycles. The molecule has 0 aromatic heterocycles. The maximum absolute atomic E-state index is 12.3. The van der Waals surface area contributed by atoms with Crippen LogP contribution in [0.15, 0.2) is 42.5 Å². The van der Waals surface area contributed by atoms with E-state index < -0.39 is 18.0 Å². The number of hydrogen-bond acceptors (Lipinski definition) is 5. The zero-order valence-electron chi connectivity index (χ0n) is 15.7. The molecule has 2 amide bonds. The van der Waals surface area contributed by atoms with Crippen LogP contribution in [0.2, 0.25) is 0 Å². The summed E-state index contributed by atoms with van der Waals surface area (Å²) in [6.07, 6.45) is -1.00. The Labute approximate surface area is 157 Å². The van der Waals surface area contributed by atoms with E-state index in [-0.39, 0.29) is 11.5 Å². The van der Waals surface area contributed by atoms with Crippen LogP contribution in [-0.2, 0) is 14.3 Å². The predicted molar refractivity (Wildman–Crippen MR) is 102 cm³/mol. The molecule has 0 unspecified atom stereocenters. The SMILES string of the molecule is COc1ccc(C)cc1NC(=O)[C@H](C)OC(=O)c1ccc(NC(C)=O)cc1. The summed E-state index contributed by atoms with van der Waals surface area (Å²) >= 11 is 0. The van der Waals surface area contributed by atoms with Gasteiger partial charge in [0.05, 0.1) is 18.4 Å². The first-order chi connectivity index (χ1) is 12.8. The van der Waals surface area contributed by atoms with Crippen molar-refractivity contribution in [3.63, 3.8) is 0 Å². The molecule has 2 rings (SSSR count). The third-order valence-corrected chi connectivity index (χ3v) is 3.71. The number of benzene rings is 2. The van der Waals surface area contributed by atoms with Crippen molar-refractivity contribution in [3.8, 4) is 5.75 Å². The number of nitrogens with one attached hydrogen (secondary N) is 2. The van der Waals surface area contributed by atoms with Gasteiger partial charge in [-0.2, -0.15) is 0 Å². The molecule has 1 atom stereocenters. The van der Waals surface area contributed by atoms with Gasteiger partial charge in [-0.25, -0.2) is 4.79 Å². The second kappa shape index (κ2) is 8.84. The van der Waals surface area contributed by atoms with Crippen molar-refractivity contribution in [2.24, 2.45) is 0 Å². The highest BCUT2D eigenvalue weighted by Crippen LogP contribution is 2.25. The molecule has 0 saturated heterocycles. The van der Waals surface area contributed by atoms with Crippen LogP contribution in [0.3, 0.4) is 0 Å². The van der Waals surface area contributed by atoms with Crippen molar-refractivity contribution < 1.29 is 23.9 Å². The molecule has 0 bridgehead atoms. The van der Waals surface area contributed by atoms with Crippen LogP contribution in [0.4, 0.5) is 11.4 Å². The van der Waals surface area contributed by atoms with Crippen LogP contribution in [0.1, 0.15) is 29.8 Å². The molecule has 0 heterocycles. The van der Waals surface area contributed by atoms with Crippen LogP contribution in [0.25, 0.3) is 0 Å². The average molecular weight is 370 g/mol. The van der Waals surface area contributed by atoms with Gasteiger partial charge < -0.3 is 20.1 Å². The van der Waals surface area contributed by atoms with E-state index in [1.807, 2.05) is 13.0 Å². The van der Waals surface area contributed by atoms with Crippen LogP contribution >= 0.6 is 0 Å². The van der Waals surface area contributed by atoms with E-state index in [4.69, 9.17) is 9.47 Å². The van der Waals surface area contributed by atoms with Gasteiger partial charge in [-0.05, 0) is 55.8 Å². The second-order valence-electron chi connectivity index (χ2n) is 6.00. The molecule has 0 aliphatic rings. The molecule has 0 radical (unpaired) electrons. The zero-order chi connectivity index (χ0) is 20.0. The van der Waals surface area contributed by atoms with E-state index >= 15 is 0 Å². The summed E-state index contributed by atoms with van der Waals surface area (Å²) < 4.78 is 10.4. The summed E-state index contributed by atoms with van der Waals surface area (Å²) in [6.45, 7) is 4.77. The van der Waals surface area contributed by atoms with Gasteiger partial charge in [0.25, 0.3) is 5.91 Å². The maximum atomic E-state index is 12.3. The van der Waals surface area contributed by atoms with Gasteiger partial charge >= 0.3 is 5.97 Å². The lowest BCUT2D eigenvalue weighted by atomic mass is 10.2. The van der Waals surface area contributed by atoms with Crippen molar-refractivity contribution in [3.05, 3.63) is 53.6 Å². The van der Waals surface area contributed by atoms with Crippen molar-refractivity contribution >= 4 is 29.2 Å². The Morgan fingerprint density at radius 3 is 2.26 bits per heavy atom. The molecular weight excluding hydrogens is 348 g/mol. The number of amides is 2. The third-order valence-electron chi connectivity index (χ3n) is 3.71. The lowest BCUT2D eigenvalue weighted by Gasteiger charge is -2.15. The van der Waals surface area contributed by atoms with Crippen molar-refractivity contribution in [2.75, 3.05) is 17.7 Å². The smallest absolute Gasteiger partial charge is 0.338 e. The number of carbonyl (C=O) groups excluding carboxylic acids is 3. The largest absolute Gasteiger partial charge is 0.495 e. The first-order valence-electron chi connectivity index (χ1n) is 8.34. The van der Waals surface area contributed by atoms with Crippen LogP contribution in [-0.4, -0.2) is 31.0 Å².